The Morgan fingerprint density at radius 3 is 2.69 bits per heavy atom. The van der Waals surface area contributed by atoms with Crippen LogP contribution in [0.4, 0.5) is 0 Å². The highest BCUT2D eigenvalue weighted by Gasteiger charge is 2.09. The lowest BCUT2D eigenvalue weighted by atomic mass is 10.2. The summed E-state index contributed by atoms with van der Waals surface area (Å²) in [5.41, 5.74) is 1.53. The standard InChI is InChI=1S/C12H11NO2S/c1-8-9(2)15-12(13-8)16-11-6-4-3-5-10(11)7-14/h3-7H,1-2H3. The molecule has 0 amide bonds. The molecule has 2 rings (SSSR count). The Morgan fingerprint density at radius 1 is 1.31 bits per heavy atom. The third kappa shape index (κ3) is 2.17. The SMILES string of the molecule is Cc1nc(Sc2ccccc2C=O)oc1C. The summed E-state index contributed by atoms with van der Waals surface area (Å²) in [5.74, 6) is 0.811. The first-order chi connectivity index (χ1) is 7.70. The molecule has 0 atom stereocenters. The fourth-order valence-electron chi connectivity index (χ4n) is 1.25. The lowest BCUT2D eigenvalue weighted by Crippen LogP contribution is -1.83. The van der Waals surface area contributed by atoms with Crippen molar-refractivity contribution in [3.05, 3.63) is 41.3 Å². The number of hydrogen-bond acceptors (Lipinski definition) is 4. The lowest BCUT2D eigenvalue weighted by Gasteiger charge is -1.99. The van der Waals surface area contributed by atoms with Crippen molar-refractivity contribution < 1.29 is 9.21 Å². The smallest absolute Gasteiger partial charge is 0.261 e. The summed E-state index contributed by atoms with van der Waals surface area (Å²) in [6, 6.07) is 7.37. The Balaban J connectivity index is 2.30. The first-order valence-corrected chi connectivity index (χ1v) is 5.68. The predicted octanol–water partition coefficient (Wildman–Crippen LogP) is 3.26. The molecule has 0 saturated heterocycles. The second-order valence-corrected chi connectivity index (χ2v) is 4.37. The number of hydrogen-bond donors (Lipinski definition) is 0. The van der Waals surface area contributed by atoms with Gasteiger partial charge < -0.3 is 4.42 Å². The summed E-state index contributed by atoms with van der Waals surface area (Å²) < 4.78 is 5.45. The van der Waals surface area contributed by atoms with Crippen molar-refractivity contribution in [2.45, 2.75) is 24.0 Å². The maximum absolute atomic E-state index is 10.8. The van der Waals surface area contributed by atoms with Crippen LogP contribution in [0, 0.1) is 13.8 Å². The van der Waals surface area contributed by atoms with E-state index in [4.69, 9.17) is 4.42 Å². The minimum atomic E-state index is 0.573. The Labute approximate surface area is 97.9 Å². The maximum atomic E-state index is 10.8. The number of aldehydes is 1. The van der Waals surface area contributed by atoms with Gasteiger partial charge >= 0.3 is 0 Å². The normalized spacial score (nSPS) is 10.4. The molecule has 0 radical (unpaired) electrons. The topological polar surface area (TPSA) is 43.1 Å². The molecule has 2 aromatic rings. The van der Waals surface area contributed by atoms with E-state index in [9.17, 15) is 4.79 Å². The van der Waals surface area contributed by atoms with Gasteiger partial charge in [0.2, 0.25) is 0 Å². The molecule has 0 unspecified atom stereocenters. The number of nitrogens with zero attached hydrogens (tertiary/aromatic N) is 1. The van der Waals surface area contributed by atoms with E-state index in [1.165, 1.54) is 11.8 Å². The molecule has 0 aliphatic carbocycles. The molecular formula is C12H11NO2S. The molecule has 3 nitrogen and oxygen atoms in total. The number of benzene rings is 1. The van der Waals surface area contributed by atoms with Gasteiger partial charge in [-0.15, -0.1) is 0 Å². The van der Waals surface area contributed by atoms with Gasteiger partial charge in [-0.25, -0.2) is 4.98 Å². The van der Waals surface area contributed by atoms with Gasteiger partial charge in [0.05, 0.1) is 5.69 Å². The van der Waals surface area contributed by atoms with E-state index in [1.807, 2.05) is 32.0 Å². The summed E-state index contributed by atoms with van der Waals surface area (Å²) in [6.45, 7) is 3.77. The van der Waals surface area contributed by atoms with Crippen molar-refractivity contribution in [3.63, 3.8) is 0 Å². The minimum Gasteiger partial charge on any atom is -0.436 e. The van der Waals surface area contributed by atoms with Gasteiger partial charge in [-0.1, -0.05) is 18.2 Å². The number of oxazole rings is 1. The van der Waals surface area contributed by atoms with Gasteiger partial charge in [-0.2, -0.15) is 0 Å². The average Bonchev–Trinajstić information content (AvgIpc) is 2.59. The van der Waals surface area contributed by atoms with Gasteiger partial charge in [0, 0.05) is 10.5 Å². The first kappa shape index (κ1) is 11.0. The third-order valence-corrected chi connectivity index (χ3v) is 3.19. The molecule has 4 heteroatoms. The molecule has 0 bridgehead atoms. The monoisotopic (exact) mass is 233 g/mol. The van der Waals surface area contributed by atoms with Crippen LogP contribution in [0.5, 0.6) is 0 Å². The Hall–Kier alpha value is -1.55. The summed E-state index contributed by atoms with van der Waals surface area (Å²) >= 11 is 1.36. The van der Waals surface area contributed by atoms with Crippen molar-refractivity contribution >= 4 is 18.0 Å². The van der Waals surface area contributed by atoms with Crippen molar-refractivity contribution in [2.24, 2.45) is 0 Å². The predicted molar refractivity (Wildman–Crippen MR) is 61.9 cm³/mol. The van der Waals surface area contributed by atoms with E-state index in [-0.39, 0.29) is 0 Å². The number of carbonyl (C=O) groups excluding carboxylic acids is 1. The number of rotatable bonds is 3. The quantitative estimate of drug-likeness (QED) is 0.763. The van der Waals surface area contributed by atoms with E-state index < -0.39 is 0 Å². The molecule has 0 aliphatic heterocycles. The highest BCUT2D eigenvalue weighted by atomic mass is 32.2. The molecule has 1 heterocycles. The van der Waals surface area contributed by atoms with Crippen LogP contribution in [-0.2, 0) is 0 Å². The molecule has 1 aromatic heterocycles. The molecule has 0 fully saturated rings. The fraction of sp³-hybridized carbons (Fsp3) is 0.167. The highest BCUT2D eigenvalue weighted by molar-refractivity contribution is 7.99. The third-order valence-electron chi connectivity index (χ3n) is 2.25. The summed E-state index contributed by atoms with van der Waals surface area (Å²) in [4.78, 5) is 15.9. The molecule has 0 saturated carbocycles. The Morgan fingerprint density at radius 2 is 2.06 bits per heavy atom. The van der Waals surface area contributed by atoms with Gasteiger partial charge in [0.15, 0.2) is 6.29 Å². The van der Waals surface area contributed by atoms with Crippen LogP contribution in [0.2, 0.25) is 0 Å². The van der Waals surface area contributed by atoms with Crippen LogP contribution in [0.15, 0.2) is 38.8 Å². The van der Waals surface area contributed by atoms with Crippen LogP contribution < -0.4 is 0 Å². The van der Waals surface area contributed by atoms with Crippen LogP contribution in [0.3, 0.4) is 0 Å². The lowest BCUT2D eigenvalue weighted by molar-refractivity contribution is 0.112. The molecule has 0 N–H and O–H groups in total. The van der Waals surface area contributed by atoms with Crippen LogP contribution >= 0.6 is 11.8 Å². The summed E-state index contributed by atoms with van der Waals surface area (Å²) in [5, 5.41) is 0.573. The van der Waals surface area contributed by atoms with Crippen LogP contribution in [-0.4, -0.2) is 11.3 Å². The molecule has 1 aromatic carbocycles. The zero-order valence-electron chi connectivity index (χ0n) is 9.06. The van der Waals surface area contributed by atoms with Gasteiger partial charge in [0.25, 0.3) is 5.22 Å². The number of aryl methyl sites for hydroxylation is 2. The van der Waals surface area contributed by atoms with E-state index in [0.29, 0.717) is 10.8 Å². The highest BCUT2D eigenvalue weighted by Crippen LogP contribution is 2.30. The second kappa shape index (κ2) is 4.53. The van der Waals surface area contributed by atoms with Crippen LogP contribution in [0.25, 0.3) is 0 Å². The fourth-order valence-corrected chi connectivity index (χ4v) is 2.17. The van der Waals surface area contributed by atoms with Crippen molar-refractivity contribution in [1.29, 1.82) is 0 Å². The van der Waals surface area contributed by atoms with Crippen molar-refractivity contribution in [1.82, 2.24) is 4.98 Å². The Kier molecular flexibility index (Phi) is 3.10. The molecular weight excluding hydrogens is 222 g/mol. The number of carbonyl (C=O) groups is 1. The zero-order chi connectivity index (χ0) is 11.5. The average molecular weight is 233 g/mol. The van der Waals surface area contributed by atoms with E-state index in [0.717, 1.165) is 22.6 Å². The maximum Gasteiger partial charge on any atom is 0.261 e. The summed E-state index contributed by atoms with van der Waals surface area (Å²) in [6.07, 6.45) is 0.838. The number of aromatic nitrogens is 1. The zero-order valence-corrected chi connectivity index (χ0v) is 9.88. The first-order valence-electron chi connectivity index (χ1n) is 4.87. The molecule has 82 valence electrons. The minimum absolute atomic E-state index is 0.573. The van der Waals surface area contributed by atoms with E-state index >= 15 is 0 Å². The van der Waals surface area contributed by atoms with E-state index in [2.05, 4.69) is 4.98 Å². The van der Waals surface area contributed by atoms with E-state index in [1.54, 1.807) is 6.07 Å². The van der Waals surface area contributed by atoms with Gasteiger partial charge in [-0.05, 0) is 31.7 Å². The molecule has 16 heavy (non-hydrogen) atoms. The van der Waals surface area contributed by atoms with Crippen molar-refractivity contribution in [3.8, 4) is 0 Å². The van der Waals surface area contributed by atoms with Gasteiger partial charge in [-0.3, -0.25) is 4.79 Å². The second-order valence-electron chi connectivity index (χ2n) is 3.38. The molecule has 0 aliphatic rings. The largest absolute Gasteiger partial charge is 0.436 e. The van der Waals surface area contributed by atoms with Crippen LogP contribution in [0.1, 0.15) is 21.8 Å². The Bertz CT molecular complexity index is 500. The molecule has 0 spiro atoms. The van der Waals surface area contributed by atoms with Crippen molar-refractivity contribution in [2.75, 3.05) is 0 Å². The summed E-state index contributed by atoms with van der Waals surface area (Å²) in [7, 11) is 0. The van der Waals surface area contributed by atoms with Gasteiger partial charge in [0.1, 0.15) is 5.76 Å².